The zero-order valence-electron chi connectivity index (χ0n) is 14.7. The van der Waals surface area contributed by atoms with E-state index in [0.717, 1.165) is 22.4 Å². The second-order valence-electron chi connectivity index (χ2n) is 6.43. The van der Waals surface area contributed by atoms with Gasteiger partial charge in [0, 0.05) is 25.2 Å². The van der Waals surface area contributed by atoms with Crippen molar-refractivity contribution in [1.82, 2.24) is 14.5 Å². The predicted octanol–water partition coefficient (Wildman–Crippen LogP) is 3.93. The van der Waals surface area contributed by atoms with Crippen LogP contribution in [0.5, 0.6) is 0 Å². The summed E-state index contributed by atoms with van der Waals surface area (Å²) in [5, 5.41) is 0. The second-order valence-corrected chi connectivity index (χ2v) is 6.43. The van der Waals surface area contributed by atoms with E-state index in [-0.39, 0.29) is 11.9 Å². The number of aryl methyl sites for hydroxylation is 2. The first-order valence-corrected chi connectivity index (χ1v) is 8.25. The Bertz CT molecular complexity index is 865. The summed E-state index contributed by atoms with van der Waals surface area (Å²) in [6.07, 6.45) is 0. The van der Waals surface area contributed by atoms with Gasteiger partial charge in [-0.15, -0.1) is 0 Å². The molecule has 0 aliphatic carbocycles. The normalized spacial score (nSPS) is 11.2. The summed E-state index contributed by atoms with van der Waals surface area (Å²) in [6, 6.07) is 16.0. The first kappa shape index (κ1) is 16.2. The van der Waals surface area contributed by atoms with Crippen molar-refractivity contribution in [2.45, 2.75) is 33.4 Å². The zero-order chi connectivity index (χ0) is 17.3. The van der Waals surface area contributed by atoms with Crippen LogP contribution in [0.1, 0.15) is 35.6 Å². The number of imidazole rings is 1. The molecule has 124 valence electrons. The van der Waals surface area contributed by atoms with Gasteiger partial charge in [-0.1, -0.05) is 30.3 Å². The van der Waals surface area contributed by atoms with E-state index in [2.05, 4.69) is 4.98 Å². The van der Waals surface area contributed by atoms with Crippen molar-refractivity contribution in [1.29, 1.82) is 0 Å². The number of nitrogens with zero attached hydrogens (tertiary/aromatic N) is 3. The van der Waals surface area contributed by atoms with E-state index in [0.29, 0.717) is 12.1 Å². The molecule has 0 atom stereocenters. The number of carbonyl (C=O) groups excluding carboxylic acids is 1. The number of hydrogen-bond donors (Lipinski definition) is 0. The lowest BCUT2D eigenvalue weighted by Crippen LogP contribution is -2.36. The van der Waals surface area contributed by atoms with Crippen LogP contribution in [0.3, 0.4) is 0 Å². The fraction of sp³-hybridized carbons (Fsp3) is 0.300. The van der Waals surface area contributed by atoms with Crippen LogP contribution in [-0.4, -0.2) is 26.4 Å². The molecule has 1 amide bonds. The number of fused-ring (bicyclic) bond motifs is 1. The molecule has 1 heterocycles. The molecule has 24 heavy (non-hydrogen) atoms. The van der Waals surface area contributed by atoms with Gasteiger partial charge >= 0.3 is 0 Å². The third kappa shape index (κ3) is 3.04. The fourth-order valence-corrected chi connectivity index (χ4v) is 2.89. The number of hydrogen-bond acceptors (Lipinski definition) is 2. The molecule has 0 unspecified atom stereocenters. The average molecular weight is 321 g/mol. The van der Waals surface area contributed by atoms with Crippen molar-refractivity contribution < 1.29 is 4.79 Å². The highest BCUT2D eigenvalue weighted by Crippen LogP contribution is 2.19. The van der Waals surface area contributed by atoms with Crippen molar-refractivity contribution >= 4 is 16.9 Å². The summed E-state index contributed by atoms with van der Waals surface area (Å²) in [7, 11) is 1.99. The van der Waals surface area contributed by atoms with Crippen LogP contribution in [0.15, 0.2) is 48.5 Å². The van der Waals surface area contributed by atoms with Gasteiger partial charge in [0.25, 0.3) is 5.91 Å². The van der Waals surface area contributed by atoms with Crippen LogP contribution >= 0.6 is 0 Å². The zero-order valence-corrected chi connectivity index (χ0v) is 14.7. The van der Waals surface area contributed by atoms with E-state index in [4.69, 9.17) is 0 Å². The Morgan fingerprint density at radius 1 is 1.17 bits per heavy atom. The molecule has 3 rings (SSSR count). The maximum atomic E-state index is 13.0. The number of carbonyl (C=O) groups is 1. The van der Waals surface area contributed by atoms with Crippen LogP contribution in [0.4, 0.5) is 0 Å². The minimum atomic E-state index is 0.0408. The topological polar surface area (TPSA) is 38.1 Å². The standard InChI is InChI=1S/C20H23N3O/c1-14(2)23(13-16-8-6-5-7-9-16)20(24)17-10-11-19-18(12-17)21-15(3)22(19)4/h5-12,14H,13H2,1-4H3. The number of aromatic nitrogens is 2. The lowest BCUT2D eigenvalue weighted by atomic mass is 10.1. The van der Waals surface area contributed by atoms with E-state index < -0.39 is 0 Å². The average Bonchev–Trinajstić information content (AvgIpc) is 2.86. The van der Waals surface area contributed by atoms with Gasteiger partial charge in [-0.2, -0.15) is 0 Å². The first-order chi connectivity index (χ1) is 11.5. The Labute approximate surface area is 142 Å². The lowest BCUT2D eigenvalue weighted by Gasteiger charge is -2.27. The highest BCUT2D eigenvalue weighted by molar-refractivity contribution is 5.97. The summed E-state index contributed by atoms with van der Waals surface area (Å²) in [5.41, 5.74) is 3.73. The molecule has 0 spiro atoms. The van der Waals surface area contributed by atoms with Crippen LogP contribution in [0, 0.1) is 6.92 Å². The Balaban J connectivity index is 1.92. The minimum Gasteiger partial charge on any atom is -0.332 e. The number of amides is 1. The molecule has 0 aliphatic rings. The van der Waals surface area contributed by atoms with Crippen molar-refractivity contribution in [2.75, 3.05) is 0 Å². The molecular formula is C20H23N3O. The summed E-state index contributed by atoms with van der Waals surface area (Å²) in [4.78, 5) is 19.4. The van der Waals surface area contributed by atoms with Gasteiger partial charge in [0.15, 0.2) is 0 Å². The maximum absolute atomic E-state index is 13.0. The lowest BCUT2D eigenvalue weighted by molar-refractivity contribution is 0.0690. The molecule has 3 aromatic rings. The number of rotatable bonds is 4. The van der Waals surface area contributed by atoms with Crippen molar-refractivity contribution in [3.63, 3.8) is 0 Å². The minimum absolute atomic E-state index is 0.0408. The molecule has 0 radical (unpaired) electrons. The van der Waals surface area contributed by atoms with E-state index in [9.17, 15) is 4.79 Å². The highest BCUT2D eigenvalue weighted by Gasteiger charge is 2.20. The highest BCUT2D eigenvalue weighted by atomic mass is 16.2. The molecule has 4 heteroatoms. The molecule has 0 saturated carbocycles. The van der Waals surface area contributed by atoms with Crippen LogP contribution < -0.4 is 0 Å². The van der Waals surface area contributed by atoms with E-state index in [1.54, 1.807) is 0 Å². The van der Waals surface area contributed by atoms with E-state index >= 15 is 0 Å². The number of benzene rings is 2. The van der Waals surface area contributed by atoms with Gasteiger partial charge in [0.05, 0.1) is 11.0 Å². The largest absolute Gasteiger partial charge is 0.332 e. The monoisotopic (exact) mass is 321 g/mol. The molecule has 0 fully saturated rings. The molecular weight excluding hydrogens is 298 g/mol. The summed E-state index contributed by atoms with van der Waals surface area (Å²) >= 11 is 0. The molecule has 4 nitrogen and oxygen atoms in total. The van der Waals surface area contributed by atoms with Crippen LogP contribution in [0.2, 0.25) is 0 Å². The van der Waals surface area contributed by atoms with Crippen LogP contribution in [-0.2, 0) is 13.6 Å². The maximum Gasteiger partial charge on any atom is 0.254 e. The summed E-state index contributed by atoms with van der Waals surface area (Å²) in [6.45, 7) is 6.67. The Morgan fingerprint density at radius 3 is 2.54 bits per heavy atom. The predicted molar refractivity (Wildman–Crippen MR) is 96.9 cm³/mol. The molecule has 2 aromatic carbocycles. The summed E-state index contributed by atoms with van der Waals surface area (Å²) < 4.78 is 2.04. The van der Waals surface area contributed by atoms with E-state index in [1.165, 1.54) is 0 Å². The molecule has 1 aromatic heterocycles. The third-order valence-corrected chi connectivity index (χ3v) is 4.43. The third-order valence-electron chi connectivity index (χ3n) is 4.43. The SMILES string of the molecule is Cc1nc2cc(C(=O)N(Cc3ccccc3)C(C)C)ccc2n1C. The Morgan fingerprint density at radius 2 is 1.88 bits per heavy atom. The van der Waals surface area contributed by atoms with Gasteiger partial charge < -0.3 is 9.47 Å². The second kappa shape index (κ2) is 6.48. The molecule has 0 saturated heterocycles. The van der Waals surface area contributed by atoms with Crippen molar-refractivity contribution in [2.24, 2.45) is 7.05 Å². The van der Waals surface area contributed by atoms with Gasteiger partial charge in [-0.05, 0) is 44.5 Å². The van der Waals surface area contributed by atoms with E-state index in [1.807, 2.05) is 85.8 Å². The molecule has 0 N–H and O–H groups in total. The summed E-state index contributed by atoms with van der Waals surface area (Å²) in [5.74, 6) is 0.985. The Kier molecular flexibility index (Phi) is 4.38. The van der Waals surface area contributed by atoms with Gasteiger partial charge in [-0.25, -0.2) is 4.98 Å². The molecule has 0 aliphatic heterocycles. The van der Waals surface area contributed by atoms with Gasteiger partial charge in [-0.3, -0.25) is 4.79 Å². The van der Waals surface area contributed by atoms with Gasteiger partial charge in [0.2, 0.25) is 0 Å². The fourth-order valence-electron chi connectivity index (χ4n) is 2.89. The van der Waals surface area contributed by atoms with Crippen molar-refractivity contribution in [3.05, 3.63) is 65.5 Å². The van der Waals surface area contributed by atoms with Crippen LogP contribution in [0.25, 0.3) is 11.0 Å². The first-order valence-electron chi connectivity index (χ1n) is 8.25. The molecule has 0 bridgehead atoms. The quantitative estimate of drug-likeness (QED) is 0.730. The Hall–Kier alpha value is -2.62. The van der Waals surface area contributed by atoms with Gasteiger partial charge in [0.1, 0.15) is 5.82 Å². The van der Waals surface area contributed by atoms with Crippen molar-refractivity contribution in [3.8, 4) is 0 Å². The smallest absolute Gasteiger partial charge is 0.254 e.